The van der Waals surface area contributed by atoms with Crippen LogP contribution >= 0.6 is 23.1 Å². The highest BCUT2D eigenvalue weighted by Gasteiger charge is 2.10. The van der Waals surface area contributed by atoms with Crippen molar-refractivity contribution in [1.29, 1.82) is 0 Å². The zero-order valence-electron chi connectivity index (χ0n) is 19.3. The van der Waals surface area contributed by atoms with E-state index in [0.717, 1.165) is 36.2 Å². The molecule has 0 saturated carbocycles. The lowest BCUT2D eigenvalue weighted by Crippen LogP contribution is -2.31. The number of aryl methyl sites for hydroxylation is 2. The fourth-order valence-corrected chi connectivity index (χ4v) is 5.35. The summed E-state index contributed by atoms with van der Waals surface area (Å²) in [5.74, 6) is 2.05. The van der Waals surface area contributed by atoms with Crippen LogP contribution in [-0.2, 0) is 18.7 Å². The van der Waals surface area contributed by atoms with Crippen LogP contribution in [0, 0.1) is 17.0 Å². The quantitative estimate of drug-likeness (QED) is 0.215. The summed E-state index contributed by atoms with van der Waals surface area (Å²) in [5.41, 5.74) is 3.32. The standard InChI is InChI=1S/C23H34N4O3S2/c1-5-18-6-8-19(9-7-18)21(28)13-25-23(15-27(29)30)24-10-11-31-16-20-12-17(2)22(32-20)14-26(3)4/h6-9,12,15,21,24-25,28H,5,10-11,13-14,16H2,1-4H3/b23-15-. The molecule has 1 heterocycles. The number of thioether (sulfide) groups is 1. The number of aliphatic hydroxyl groups is 1. The third kappa shape index (κ3) is 9.20. The van der Waals surface area contributed by atoms with Gasteiger partial charge in [0.1, 0.15) is 0 Å². The SMILES string of the molecule is CCc1ccc(C(O)CN/C(=C\[N+](=O)[O-])NCCSCc2cc(C)c(CN(C)C)s2)cc1. The molecule has 3 N–H and O–H groups in total. The van der Waals surface area contributed by atoms with Gasteiger partial charge in [0.15, 0.2) is 5.82 Å². The molecule has 0 spiro atoms. The van der Waals surface area contributed by atoms with Crippen LogP contribution in [0.2, 0.25) is 0 Å². The van der Waals surface area contributed by atoms with E-state index < -0.39 is 11.0 Å². The van der Waals surface area contributed by atoms with E-state index in [1.807, 2.05) is 35.6 Å². The molecule has 1 aromatic carbocycles. The van der Waals surface area contributed by atoms with E-state index >= 15 is 0 Å². The van der Waals surface area contributed by atoms with E-state index in [-0.39, 0.29) is 6.54 Å². The van der Waals surface area contributed by atoms with E-state index in [1.54, 1.807) is 11.8 Å². The third-order valence-corrected chi connectivity index (χ3v) is 7.24. The van der Waals surface area contributed by atoms with E-state index in [9.17, 15) is 15.2 Å². The maximum absolute atomic E-state index is 11.0. The smallest absolute Gasteiger partial charge is 0.274 e. The van der Waals surface area contributed by atoms with Crippen LogP contribution in [0.15, 0.2) is 42.4 Å². The minimum Gasteiger partial charge on any atom is -0.387 e. The predicted molar refractivity (Wildman–Crippen MR) is 134 cm³/mol. The minimum atomic E-state index is -0.745. The van der Waals surface area contributed by atoms with E-state index in [2.05, 4.69) is 49.5 Å². The van der Waals surface area contributed by atoms with Crippen LogP contribution in [0.1, 0.15) is 39.5 Å². The number of nitrogens with one attached hydrogen (secondary N) is 2. The van der Waals surface area contributed by atoms with Gasteiger partial charge in [-0.1, -0.05) is 31.2 Å². The molecule has 0 saturated heterocycles. The third-order valence-electron chi connectivity index (χ3n) is 4.83. The number of aliphatic hydroxyl groups excluding tert-OH is 1. The summed E-state index contributed by atoms with van der Waals surface area (Å²) in [4.78, 5) is 15.4. The zero-order chi connectivity index (χ0) is 23.5. The lowest BCUT2D eigenvalue weighted by atomic mass is 10.1. The largest absolute Gasteiger partial charge is 0.387 e. The van der Waals surface area contributed by atoms with Crippen molar-refractivity contribution in [2.45, 2.75) is 38.7 Å². The minimum absolute atomic E-state index is 0.189. The average Bonchev–Trinajstić information content (AvgIpc) is 3.09. The topological polar surface area (TPSA) is 90.7 Å². The Morgan fingerprint density at radius 3 is 2.66 bits per heavy atom. The number of nitro groups is 1. The molecule has 0 fully saturated rings. The van der Waals surface area contributed by atoms with Gasteiger partial charge in [0, 0.05) is 40.9 Å². The van der Waals surface area contributed by atoms with Crippen LogP contribution < -0.4 is 10.6 Å². The molecule has 0 aliphatic rings. The van der Waals surface area contributed by atoms with Gasteiger partial charge < -0.3 is 20.6 Å². The normalized spacial score (nSPS) is 12.8. The molecule has 32 heavy (non-hydrogen) atoms. The van der Waals surface area contributed by atoms with Gasteiger partial charge in [-0.25, -0.2) is 0 Å². The Kier molecular flexibility index (Phi) is 11.0. The van der Waals surface area contributed by atoms with Crippen molar-refractivity contribution < 1.29 is 10.0 Å². The number of hydrogen-bond acceptors (Lipinski definition) is 8. The maximum atomic E-state index is 11.0. The van der Waals surface area contributed by atoms with Crippen molar-refractivity contribution in [3.05, 3.63) is 78.9 Å². The molecule has 2 aromatic rings. The lowest BCUT2D eigenvalue weighted by molar-refractivity contribution is -0.404. The first-order valence-corrected chi connectivity index (χ1v) is 12.7. The Balaban J connectivity index is 1.77. The monoisotopic (exact) mass is 478 g/mol. The average molecular weight is 479 g/mol. The first-order valence-electron chi connectivity index (χ1n) is 10.7. The van der Waals surface area contributed by atoms with Gasteiger partial charge in [-0.15, -0.1) is 11.3 Å². The highest BCUT2D eigenvalue weighted by molar-refractivity contribution is 7.98. The van der Waals surface area contributed by atoms with Crippen LogP contribution in [-0.4, -0.2) is 47.9 Å². The Labute approximate surface area is 199 Å². The number of rotatable bonds is 14. The molecule has 0 bridgehead atoms. The molecule has 2 rings (SSSR count). The van der Waals surface area contributed by atoms with Crippen molar-refractivity contribution in [3.63, 3.8) is 0 Å². The van der Waals surface area contributed by atoms with E-state index in [4.69, 9.17) is 0 Å². The van der Waals surface area contributed by atoms with Crippen molar-refractivity contribution in [1.82, 2.24) is 15.5 Å². The van der Waals surface area contributed by atoms with Gasteiger partial charge in [0.25, 0.3) is 6.20 Å². The van der Waals surface area contributed by atoms with E-state index in [0.29, 0.717) is 12.4 Å². The second-order valence-electron chi connectivity index (χ2n) is 7.86. The number of thiophene rings is 1. The summed E-state index contributed by atoms with van der Waals surface area (Å²) in [7, 11) is 4.15. The fourth-order valence-electron chi connectivity index (χ4n) is 3.10. The van der Waals surface area contributed by atoms with Crippen molar-refractivity contribution >= 4 is 23.1 Å². The number of hydrogen-bond donors (Lipinski definition) is 3. The molecule has 0 amide bonds. The highest BCUT2D eigenvalue weighted by atomic mass is 32.2. The van der Waals surface area contributed by atoms with Gasteiger partial charge in [-0.2, -0.15) is 11.8 Å². The van der Waals surface area contributed by atoms with Crippen LogP contribution in [0.5, 0.6) is 0 Å². The molecule has 0 radical (unpaired) electrons. The summed E-state index contributed by atoms with van der Waals surface area (Å²) in [6, 6.07) is 10.0. The highest BCUT2D eigenvalue weighted by Crippen LogP contribution is 2.26. The van der Waals surface area contributed by atoms with Crippen molar-refractivity contribution in [2.24, 2.45) is 0 Å². The molecular weight excluding hydrogens is 444 g/mol. The molecule has 176 valence electrons. The Hall–Kier alpha value is -2.07. The molecule has 1 atom stereocenters. The van der Waals surface area contributed by atoms with Gasteiger partial charge in [0.05, 0.1) is 11.0 Å². The van der Waals surface area contributed by atoms with Gasteiger partial charge in [-0.05, 0) is 50.2 Å². The molecule has 0 aliphatic carbocycles. The van der Waals surface area contributed by atoms with Gasteiger partial charge >= 0.3 is 0 Å². The summed E-state index contributed by atoms with van der Waals surface area (Å²) in [6.45, 7) is 5.97. The molecule has 1 unspecified atom stereocenters. The fraction of sp³-hybridized carbons (Fsp3) is 0.478. The molecule has 1 aromatic heterocycles. The van der Waals surface area contributed by atoms with Gasteiger partial charge in [-0.3, -0.25) is 10.1 Å². The predicted octanol–water partition coefficient (Wildman–Crippen LogP) is 3.90. The Morgan fingerprint density at radius 2 is 2.03 bits per heavy atom. The van der Waals surface area contributed by atoms with Crippen molar-refractivity contribution in [2.75, 3.05) is 32.9 Å². The maximum Gasteiger partial charge on any atom is 0.274 e. The first-order chi connectivity index (χ1) is 15.3. The second kappa shape index (κ2) is 13.5. The van der Waals surface area contributed by atoms with Crippen LogP contribution in [0.4, 0.5) is 0 Å². The zero-order valence-corrected chi connectivity index (χ0v) is 20.9. The summed E-state index contributed by atoms with van der Waals surface area (Å²) >= 11 is 3.64. The summed E-state index contributed by atoms with van der Waals surface area (Å²) < 4.78 is 0. The van der Waals surface area contributed by atoms with Crippen molar-refractivity contribution in [3.8, 4) is 0 Å². The summed E-state index contributed by atoms with van der Waals surface area (Å²) in [5, 5.41) is 27.4. The van der Waals surface area contributed by atoms with Crippen LogP contribution in [0.25, 0.3) is 0 Å². The molecule has 0 aliphatic heterocycles. The van der Waals surface area contributed by atoms with Gasteiger partial charge in [0.2, 0.25) is 0 Å². The first kappa shape index (κ1) is 26.2. The second-order valence-corrected chi connectivity index (χ2v) is 10.2. The number of nitrogens with zero attached hydrogens (tertiary/aromatic N) is 2. The van der Waals surface area contributed by atoms with Crippen LogP contribution in [0.3, 0.4) is 0 Å². The lowest BCUT2D eigenvalue weighted by Gasteiger charge is -2.15. The molecule has 7 nitrogen and oxygen atoms in total. The summed E-state index contributed by atoms with van der Waals surface area (Å²) in [6.07, 6.45) is 1.11. The molecular formula is C23H34N4O3S2. The van der Waals surface area contributed by atoms with E-state index in [1.165, 1.54) is 20.9 Å². The number of benzene rings is 1. The Morgan fingerprint density at radius 1 is 1.31 bits per heavy atom. The molecule has 9 heteroatoms. The Bertz CT molecular complexity index is 882.